The molecule has 0 aromatic heterocycles. The number of carbonyl (C=O) groups excluding carboxylic acids is 1. The van der Waals surface area contributed by atoms with Gasteiger partial charge in [0.15, 0.2) is 0 Å². The Labute approximate surface area is 116 Å². The lowest BCUT2D eigenvalue weighted by molar-refractivity contribution is -0.139. The third-order valence-electron chi connectivity index (χ3n) is 2.75. The van der Waals surface area contributed by atoms with Gasteiger partial charge in [-0.1, -0.05) is 0 Å². The van der Waals surface area contributed by atoms with Crippen LogP contribution in [0.5, 0.6) is 5.75 Å². The van der Waals surface area contributed by atoms with Gasteiger partial charge in [0.1, 0.15) is 11.8 Å². The molecule has 0 saturated heterocycles. The van der Waals surface area contributed by atoms with Gasteiger partial charge in [0.25, 0.3) is 0 Å². The number of anilines is 1. The largest absolute Gasteiger partial charge is 0.508 e. The molecule has 1 aromatic rings. The van der Waals surface area contributed by atoms with Gasteiger partial charge in [-0.25, -0.2) is 9.59 Å². The highest BCUT2D eigenvalue weighted by molar-refractivity contribution is 5.94. The number of carboxylic acids is 1. The second-order valence-corrected chi connectivity index (χ2v) is 4.20. The van der Waals surface area contributed by atoms with Crippen molar-refractivity contribution in [2.24, 2.45) is 0 Å². The van der Waals surface area contributed by atoms with Crippen LogP contribution in [0.2, 0.25) is 0 Å². The fourth-order valence-corrected chi connectivity index (χ4v) is 1.53. The number of methoxy groups -OCH3 is 1. The number of hydrogen-bond donors (Lipinski definition) is 3. The fourth-order valence-electron chi connectivity index (χ4n) is 1.53. The molecule has 0 radical (unpaired) electrons. The van der Waals surface area contributed by atoms with Crippen molar-refractivity contribution in [3.63, 3.8) is 0 Å². The van der Waals surface area contributed by atoms with Gasteiger partial charge in [-0.15, -0.1) is 0 Å². The summed E-state index contributed by atoms with van der Waals surface area (Å²) in [4.78, 5) is 24.2. The van der Waals surface area contributed by atoms with E-state index in [-0.39, 0.29) is 18.8 Å². The molecule has 0 fully saturated rings. The van der Waals surface area contributed by atoms with Gasteiger partial charge < -0.3 is 20.3 Å². The van der Waals surface area contributed by atoms with Gasteiger partial charge >= 0.3 is 12.0 Å². The minimum absolute atomic E-state index is 0.0889. The van der Waals surface area contributed by atoms with Gasteiger partial charge in [-0.05, 0) is 24.3 Å². The predicted molar refractivity (Wildman–Crippen MR) is 73.0 cm³/mol. The maximum Gasteiger partial charge on any atom is 0.326 e. The average Bonchev–Trinajstić information content (AvgIpc) is 2.42. The molecule has 0 aliphatic heterocycles. The first-order valence-corrected chi connectivity index (χ1v) is 6.00. The smallest absolute Gasteiger partial charge is 0.326 e. The summed E-state index contributed by atoms with van der Waals surface area (Å²) < 4.78 is 4.81. The van der Waals surface area contributed by atoms with Gasteiger partial charge in [0.2, 0.25) is 0 Å². The zero-order valence-electron chi connectivity index (χ0n) is 11.4. The van der Waals surface area contributed by atoms with E-state index in [1.54, 1.807) is 12.1 Å². The van der Waals surface area contributed by atoms with Crippen LogP contribution < -0.4 is 10.2 Å². The Morgan fingerprint density at radius 3 is 2.45 bits per heavy atom. The van der Waals surface area contributed by atoms with E-state index in [9.17, 15) is 14.7 Å². The Bertz CT molecular complexity index is 460. The molecule has 0 aliphatic rings. The number of phenolic OH excluding ortho intramolecular Hbond substituents is 1. The van der Waals surface area contributed by atoms with Crippen LogP contribution in [0.4, 0.5) is 10.5 Å². The third kappa shape index (κ3) is 4.43. The molecule has 0 bridgehead atoms. The summed E-state index contributed by atoms with van der Waals surface area (Å²) in [5, 5.41) is 20.6. The molecule has 110 valence electrons. The van der Waals surface area contributed by atoms with Crippen molar-refractivity contribution < 1.29 is 24.5 Å². The first-order valence-electron chi connectivity index (χ1n) is 6.00. The van der Waals surface area contributed by atoms with E-state index in [1.807, 2.05) is 0 Å². The van der Waals surface area contributed by atoms with E-state index in [0.29, 0.717) is 5.69 Å². The molecule has 1 unspecified atom stereocenters. The molecule has 0 spiro atoms. The summed E-state index contributed by atoms with van der Waals surface area (Å²) in [6.45, 7) is 0.236. The molecule has 7 nitrogen and oxygen atoms in total. The lowest BCUT2D eigenvalue weighted by atomic mass is 10.2. The first-order chi connectivity index (χ1) is 9.45. The monoisotopic (exact) mass is 282 g/mol. The van der Waals surface area contributed by atoms with Crippen molar-refractivity contribution in [2.45, 2.75) is 12.5 Å². The standard InChI is InChI=1S/C13H18N2O5/c1-15(9-3-5-10(16)6-4-9)13(19)14-11(12(17)18)7-8-20-2/h3-6,11,16H,7-8H2,1-2H3,(H,14,19)(H,17,18). The number of nitrogens with one attached hydrogen (secondary N) is 1. The Morgan fingerprint density at radius 1 is 1.35 bits per heavy atom. The van der Waals surface area contributed by atoms with Crippen LogP contribution in [0.15, 0.2) is 24.3 Å². The maximum atomic E-state index is 12.0. The molecule has 20 heavy (non-hydrogen) atoms. The normalized spacial score (nSPS) is 11.7. The third-order valence-corrected chi connectivity index (χ3v) is 2.75. The zero-order valence-corrected chi connectivity index (χ0v) is 11.4. The molecule has 3 N–H and O–H groups in total. The average molecular weight is 282 g/mol. The molecule has 1 aromatic carbocycles. The molecule has 0 heterocycles. The van der Waals surface area contributed by atoms with E-state index in [1.165, 1.54) is 31.2 Å². The summed E-state index contributed by atoms with van der Waals surface area (Å²) in [7, 11) is 2.97. The highest BCUT2D eigenvalue weighted by atomic mass is 16.5. The van der Waals surface area contributed by atoms with E-state index >= 15 is 0 Å². The molecular formula is C13H18N2O5. The van der Waals surface area contributed by atoms with Gasteiger partial charge in [0.05, 0.1) is 0 Å². The summed E-state index contributed by atoms with van der Waals surface area (Å²) >= 11 is 0. The van der Waals surface area contributed by atoms with Crippen molar-refractivity contribution in [1.29, 1.82) is 0 Å². The van der Waals surface area contributed by atoms with E-state index in [0.717, 1.165) is 0 Å². The van der Waals surface area contributed by atoms with Crippen LogP contribution in [0, 0.1) is 0 Å². The predicted octanol–water partition coefficient (Wildman–Crippen LogP) is 1.03. The van der Waals surface area contributed by atoms with Crippen LogP contribution in [-0.2, 0) is 9.53 Å². The lowest BCUT2D eigenvalue weighted by Crippen LogP contribution is -2.47. The van der Waals surface area contributed by atoms with Crippen molar-refractivity contribution in [2.75, 3.05) is 25.7 Å². The van der Waals surface area contributed by atoms with Gasteiger partial charge in [0, 0.05) is 32.9 Å². The maximum absolute atomic E-state index is 12.0. The van der Waals surface area contributed by atoms with E-state index in [2.05, 4.69) is 5.32 Å². The van der Waals surface area contributed by atoms with Crippen molar-refractivity contribution >= 4 is 17.7 Å². The number of aromatic hydroxyl groups is 1. The van der Waals surface area contributed by atoms with Crippen molar-refractivity contribution in [3.05, 3.63) is 24.3 Å². The molecule has 2 amide bonds. The molecule has 0 aliphatic carbocycles. The molecule has 1 atom stereocenters. The van der Waals surface area contributed by atoms with Crippen LogP contribution in [0.3, 0.4) is 0 Å². The number of carbonyl (C=O) groups is 2. The number of hydrogen-bond acceptors (Lipinski definition) is 4. The molecule has 1 rings (SSSR count). The van der Waals surface area contributed by atoms with Crippen LogP contribution in [-0.4, -0.2) is 49.0 Å². The summed E-state index contributed by atoms with van der Waals surface area (Å²) in [5.74, 6) is -1.03. The zero-order chi connectivity index (χ0) is 15.1. The molecule has 0 saturated carbocycles. The van der Waals surface area contributed by atoms with E-state index < -0.39 is 18.0 Å². The topological polar surface area (TPSA) is 99.1 Å². The van der Waals surface area contributed by atoms with Crippen LogP contribution in [0.1, 0.15) is 6.42 Å². The van der Waals surface area contributed by atoms with Crippen LogP contribution in [0.25, 0.3) is 0 Å². The number of urea groups is 1. The highest BCUT2D eigenvalue weighted by Crippen LogP contribution is 2.17. The number of carboxylic acid groups (broad SMARTS) is 1. The number of phenols is 1. The van der Waals surface area contributed by atoms with Gasteiger partial charge in [-0.2, -0.15) is 0 Å². The lowest BCUT2D eigenvalue weighted by Gasteiger charge is -2.21. The van der Waals surface area contributed by atoms with Crippen molar-refractivity contribution in [1.82, 2.24) is 5.32 Å². The number of rotatable bonds is 6. The number of ether oxygens (including phenoxy) is 1. The summed E-state index contributed by atoms with van der Waals surface area (Å²) in [6.07, 6.45) is 0.182. The number of benzene rings is 1. The molecular weight excluding hydrogens is 264 g/mol. The minimum Gasteiger partial charge on any atom is -0.508 e. The Balaban J connectivity index is 2.68. The second kappa shape index (κ2) is 7.34. The minimum atomic E-state index is -1.12. The van der Waals surface area contributed by atoms with Crippen molar-refractivity contribution in [3.8, 4) is 5.75 Å². The Kier molecular flexibility index (Phi) is 5.79. The SMILES string of the molecule is COCCC(NC(=O)N(C)c1ccc(O)cc1)C(=O)O. The Morgan fingerprint density at radius 2 is 1.95 bits per heavy atom. The number of nitrogens with zero attached hydrogens (tertiary/aromatic N) is 1. The highest BCUT2D eigenvalue weighted by Gasteiger charge is 2.21. The summed E-state index contributed by atoms with van der Waals surface area (Å²) in [5.41, 5.74) is 0.538. The quantitative estimate of drug-likeness (QED) is 0.723. The Hall–Kier alpha value is -2.28. The summed E-state index contributed by atoms with van der Waals surface area (Å²) in [6, 6.07) is 4.44. The second-order valence-electron chi connectivity index (χ2n) is 4.20. The van der Waals surface area contributed by atoms with Gasteiger partial charge in [-0.3, -0.25) is 4.90 Å². The fraction of sp³-hybridized carbons (Fsp3) is 0.385. The molecule has 7 heteroatoms. The first kappa shape index (κ1) is 15.8. The van der Waals surface area contributed by atoms with E-state index in [4.69, 9.17) is 9.84 Å². The van der Waals surface area contributed by atoms with Crippen LogP contribution >= 0.6 is 0 Å². The number of aliphatic carboxylic acids is 1. The number of amides is 2.